The van der Waals surface area contributed by atoms with E-state index in [4.69, 9.17) is 21.4 Å². The summed E-state index contributed by atoms with van der Waals surface area (Å²) < 4.78 is 7.77. The number of halogens is 1. The number of amides is 1. The lowest BCUT2D eigenvalue weighted by molar-refractivity contribution is -0.127. The molecule has 0 bridgehead atoms. The van der Waals surface area contributed by atoms with E-state index in [1.165, 1.54) is 6.08 Å². The Balaban J connectivity index is 1.47. The number of pyridine rings is 2. The Morgan fingerprint density at radius 2 is 1.88 bits per heavy atom. The lowest BCUT2D eigenvalue weighted by atomic mass is 10.1. The van der Waals surface area contributed by atoms with Crippen LogP contribution < -0.4 is 4.74 Å². The predicted molar refractivity (Wildman–Crippen MR) is 127 cm³/mol. The minimum atomic E-state index is -0.0493. The molecule has 1 aliphatic rings. The fraction of sp³-hybridized carbons (Fsp3) is 0.200. The highest BCUT2D eigenvalue weighted by molar-refractivity contribution is 6.35. The standard InChI is InChI=1S/C25H22ClN5O2/c1-2-23(32)30-13-3-4-18(30)16-31-25-21(14-28-15-22(25)26)24(29-31)17-5-7-19(8-6-17)33-20-9-11-27-12-10-20/h2,5-12,14-15,18H,1,3-4,13,16H2. The molecule has 166 valence electrons. The quantitative estimate of drug-likeness (QED) is 0.374. The van der Waals surface area contributed by atoms with Crippen LogP contribution in [0.25, 0.3) is 22.2 Å². The number of fused-ring (bicyclic) bond motifs is 1. The van der Waals surface area contributed by atoms with E-state index in [-0.39, 0.29) is 11.9 Å². The smallest absolute Gasteiger partial charge is 0.246 e. The van der Waals surface area contributed by atoms with Crippen molar-refractivity contribution < 1.29 is 9.53 Å². The minimum Gasteiger partial charge on any atom is -0.457 e. The van der Waals surface area contributed by atoms with Crippen LogP contribution in [0.1, 0.15) is 12.8 Å². The van der Waals surface area contributed by atoms with E-state index in [0.717, 1.165) is 53.0 Å². The number of nitrogens with zero attached hydrogens (tertiary/aromatic N) is 5. The molecule has 8 heteroatoms. The number of hydrogen-bond acceptors (Lipinski definition) is 5. The number of carbonyl (C=O) groups is 1. The molecule has 1 saturated heterocycles. The van der Waals surface area contributed by atoms with Crippen LogP contribution in [-0.2, 0) is 11.3 Å². The summed E-state index contributed by atoms with van der Waals surface area (Å²) in [5.41, 5.74) is 2.53. The monoisotopic (exact) mass is 459 g/mol. The molecular weight excluding hydrogens is 438 g/mol. The van der Waals surface area contributed by atoms with Crippen LogP contribution in [0.15, 0.2) is 73.8 Å². The molecule has 1 unspecified atom stereocenters. The zero-order valence-electron chi connectivity index (χ0n) is 17.9. The summed E-state index contributed by atoms with van der Waals surface area (Å²) in [6, 6.07) is 11.4. The summed E-state index contributed by atoms with van der Waals surface area (Å²) in [4.78, 5) is 22.4. The van der Waals surface area contributed by atoms with E-state index < -0.39 is 0 Å². The van der Waals surface area contributed by atoms with Gasteiger partial charge in [0.2, 0.25) is 5.91 Å². The van der Waals surface area contributed by atoms with Crippen molar-refractivity contribution in [2.24, 2.45) is 0 Å². The number of hydrogen-bond donors (Lipinski definition) is 0. The molecule has 4 heterocycles. The molecule has 0 saturated carbocycles. The Bertz CT molecular complexity index is 1300. The summed E-state index contributed by atoms with van der Waals surface area (Å²) in [6.07, 6.45) is 10.0. The summed E-state index contributed by atoms with van der Waals surface area (Å²) in [5.74, 6) is 1.39. The van der Waals surface area contributed by atoms with Crippen molar-refractivity contribution in [1.82, 2.24) is 24.6 Å². The molecule has 3 aromatic heterocycles. The van der Waals surface area contributed by atoms with E-state index in [1.54, 1.807) is 36.9 Å². The van der Waals surface area contributed by atoms with Gasteiger partial charge in [0.25, 0.3) is 0 Å². The van der Waals surface area contributed by atoms with Gasteiger partial charge in [-0.25, -0.2) is 0 Å². The second-order valence-electron chi connectivity index (χ2n) is 7.89. The maximum Gasteiger partial charge on any atom is 0.246 e. The highest BCUT2D eigenvalue weighted by atomic mass is 35.5. The van der Waals surface area contributed by atoms with Crippen LogP contribution in [0.4, 0.5) is 0 Å². The lowest BCUT2D eigenvalue weighted by Crippen LogP contribution is -2.37. The highest BCUT2D eigenvalue weighted by Crippen LogP contribution is 2.33. The summed E-state index contributed by atoms with van der Waals surface area (Å²) >= 11 is 6.55. The molecule has 7 nitrogen and oxygen atoms in total. The fourth-order valence-electron chi connectivity index (χ4n) is 4.29. The Morgan fingerprint density at radius 3 is 2.64 bits per heavy atom. The molecular formula is C25H22ClN5O2. The summed E-state index contributed by atoms with van der Waals surface area (Å²) in [6.45, 7) is 4.92. The van der Waals surface area contributed by atoms with Crippen LogP contribution in [0.5, 0.6) is 11.5 Å². The van der Waals surface area contributed by atoms with Crippen molar-refractivity contribution in [3.05, 3.63) is 78.9 Å². The third-order valence-corrected chi connectivity index (χ3v) is 6.12. The molecule has 33 heavy (non-hydrogen) atoms. The Hall–Kier alpha value is -3.71. The third kappa shape index (κ3) is 4.19. The molecule has 0 radical (unpaired) electrons. The summed E-state index contributed by atoms with van der Waals surface area (Å²) in [5, 5.41) is 6.29. The number of rotatable bonds is 6. The van der Waals surface area contributed by atoms with Gasteiger partial charge in [0.05, 0.1) is 23.1 Å². The van der Waals surface area contributed by atoms with Crippen molar-refractivity contribution in [1.29, 1.82) is 0 Å². The van der Waals surface area contributed by atoms with Crippen molar-refractivity contribution in [2.45, 2.75) is 25.4 Å². The molecule has 1 aromatic carbocycles. The molecule has 1 aliphatic heterocycles. The van der Waals surface area contributed by atoms with Gasteiger partial charge >= 0.3 is 0 Å². The van der Waals surface area contributed by atoms with Gasteiger partial charge in [-0.15, -0.1) is 0 Å². The van der Waals surface area contributed by atoms with Crippen LogP contribution >= 0.6 is 11.6 Å². The zero-order valence-corrected chi connectivity index (χ0v) is 18.7. The van der Waals surface area contributed by atoms with Gasteiger partial charge in [0.1, 0.15) is 17.2 Å². The number of likely N-dealkylation sites (tertiary alicyclic amines) is 1. The van der Waals surface area contributed by atoms with Crippen LogP contribution in [0, 0.1) is 0 Å². The van der Waals surface area contributed by atoms with E-state index in [0.29, 0.717) is 11.6 Å². The highest BCUT2D eigenvalue weighted by Gasteiger charge is 2.29. The lowest BCUT2D eigenvalue weighted by Gasteiger charge is -2.23. The maximum absolute atomic E-state index is 12.3. The SMILES string of the molecule is C=CC(=O)N1CCCC1Cn1nc(-c2ccc(Oc3ccncc3)cc2)c2cncc(Cl)c21. The molecule has 1 fully saturated rings. The first kappa shape index (κ1) is 21.2. The second-order valence-corrected chi connectivity index (χ2v) is 8.30. The van der Waals surface area contributed by atoms with E-state index in [2.05, 4.69) is 16.5 Å². The Kier molecular flexibility index (Phi) is 5.79. The first-order chi connectivity index (χ1) is 16.1. The van der Waals surface area contributed by atoms with Crippen LogP contribution in [0.2, 0.25) is 5.02 Å². The van der Waals surface area contributed by atoms with Crippen LogP contribution in [0.3, 0.4) is 0 Å². The first-order valence-electron chi connectivity index (χ1n) is 10.8. The second kappa shape index (κ2) is 9.03. The Morgan fingerprint density at radius 1 is 1.12 bits per heavy atom. The van der Waals surface area contributed by atoms with Crippen molar-refractivity contribution in [2.75, 3.05) is 6.54 Å². The van der Waals surface area contributed by atoms with E-state index in [1.807, 2.05) is 33.8 Å². The third-order valence-electron chi connectivity index (χ3n) is 5.84. The number of carbonyl (C=O) groups excluding carboxylic acids is 1. The number of ether oxygens (including phenoxy) is 1. The molecule has 0 N–H and O–H groups in total. The van der Waals surface area contributed by atoms with Gasteiger partial charge in [-0.3, -0.25) is 19.4 Å². The van der Waals surface area contributed by atoms with Gasteiger partial charge < -0.3 is 9.64 Å². The van der Waals surface area contributed by atoms with Crippen molar-refractivity contribution in [3.8, 4) is 22.8 Å². The van der Waals surface area contributed by atoms with Gasteiger partial charge in [0.15, 0.2) is 0 Å². The van der Waals surface area contributed by atoms with E-state index in [9.17, 15) is 4.79 Å². The largest absolute Gasteiger partial charge is 0.457 e. The average Bonchev–Trinajstić information content (AvgIpc) is 3.46. The number of benzene rings is 1. The van der Waals surface area contributed by atoms with Crippen LogP contribution in [-0.4, -0.2) is 43.1 Å². The average molecular weight is 460 g/mol. The molecule has 0 spiro atoms. The molecule has 1 amide bonds. The maximum atomic E-state index is 12.3. The summed E-state index contributed by atoms with van der Waals surface area (Å²) in [7, 11) is 0. The minimum absolute atomic E-state index is 0.0480. The van der Waals surface area contributed by atoms with Crippen molar-refractivity contribution in [3.63, 3.8) is 0 Å². The van der Waals surface area contributed by atoms with Gasteiger partial charge in [-0.05, 0) is 55.3 Å². The Labute approximate surface area is 196 Å². The molecule has 0 aliphatic carbocycles. The van der Waals surface area contributed by atoms with Gasteiger partial charge in [-0.2, -0.15) is 5.10 Å². The zero-order chi connectivity index (χ0) is 22.8. The molecule has 1 atom stereocenters. The van der Waals surface area contributed by atoms with E-state index >= 15 is 0 Å². The number of aromatic nitrogens is 4. The molecule has 5 rings (SSSR count). The van der Waals surface area contributed by atoms with Crippen molar-refractivity contribution >= 4 is 28.4 Å². The predicted octanol–water partition coefficient (Wildman–Crippen LogP) is 5.12. The van der Waals surface area contributed by atoms with Gasteiger partial charge in [-0.1, -0.05) is 18.2 Å². The fourth-order valence-corrected chi connectivity index (χ4v) is 4.55. The normalized spacial score (nSPS) is 15.7. The first-order valence-corrected chi connectivity index (χ1v) is 11.1. The topological polar surface area (TPSA) is 73.1 Å². The van der Waals surface area contributed by atoms with Gasteiger partial charge in [0, 0.05) is 42.3 Å². The molecule has 4 aromatic rings.